The van der Waals surface area contributed by atoms with Crippen LogP contribution in [0.1, 0.15) is 27.2 Å². The second-order valence-corrected chi connectivity index (χ2v) is 2.54. The Kier molecular flexibility index (Phi) is 3.47. The standard InChI is InChI=1S/C7H13O2/c1-5(2)4-7(9)6(3)8/h7,9H,4H2,1-3H3. The first-order chi connectivity index (χ1) is 4.04. The summed E-state index contributed by atoms with van der Waals surface area (Å²) in [4.78, 5) is 10.4. The number of rotatable bonds is 3. The molecule has 0 aromatic carbocycles. The molecule has 0 amide bonds. The van der Waals surface area contributed by atoms with Crippen LogP contribution in [0.15, 0.2) is 0 Å². The highest BCUT2D eigenvalue weighted by Gasteiger charge is 2.10. The minimum atomic E-state index is -0.782. The Morgan fingerprint density at radius 2 is 1.89 bits per heavy atom. The second-order valence-electron chi connectivity index (χ2n) is 2.54. The van der Waals surface area contributed by atoms with Crippen molar-refractivity contribution in [2.75, 3.05) is 0 Å². The van der Waals surface area contributed by atoms with Crippen molar-refractivity contribution >= 4 is 5.78 Å². The molecule has 0 spiro atoms. The Morgan fingerprint density at radius 1 is 1.44 bits per heavy atom. The molecule has 0 aliphatic heterocycles. The van der Waals surface area contributed by atoms with E-state index in [1.165, 1.54) is 6.92 Å². The van der Waals surface area contributed by atoms with Crippen LogP contribution in [0.3, 0.4) is 0 Å². The van der Waals surface area contributed by atoms with Crippen LogP contribution < -0.4 is 0 Å². The fourth-order valence-electron chi connectivity index (χ4n) is 0.530. The molecule has 0 aliphatic rings. The zero-order valence-electron chi connectivity index (χ0n) is 6.14. The molecular weight excluding hydrogens is 116 g/mol. The summed E-state index contributed by atoms with van der Waals surface area (Å²) in [6.07, 6.45) is -0.287. The fraction of sp³-hybridized carbons (Fsp3) is 0.714. The molecular formula is C7H13O2. The highest BCUT2D eigenvalue weighted by molar-refractivity contribution is 5.80. The number of ketones is 1. The third-order valence-electron chi connectivity index (χ3n) is 1.07. The van der Waals surface area contributed by atoms with E-state index < -0.39 is 6.10 Å². The largest absolute Gasteiger partial charge is 0.385 e. The molecule has 1 radical (unpaired) electrons. The number of aliphatic hydroxyl groups is 1. The quantitative estimate of drug-likeness (QED) is 0.615. The highest BCUT2D eigenvalue weighted by Crippen LogP contribution is 2.06. The van der Waals surface area contributed by atoms with Gasteiger partial charge in [-0.05, 0) is 19.3 Å². The Hall–Kier alpha value is -0.370. The van der Waals surface area contributed by atoms with Gasteiger partial charge in [0.2, 0.25) is 0 Å². The topological polar surface area (TPSA) is 37.3 Å². The number of carbonyl (C=O) groups excluding carboxylic acids is 1. The minimum Gasteiger partial charge on any atom is -0.385 e. The molecule has 2 nitrogen and oxygen atoms in total. The number of aliphatic hydroxyl groups excluding tert-OH is 1. The van der Waals surface area contributed by atoms with E-state index in [0.29, 0.717) is 6.42 Å². The average Bonchev–Trinajstić information content (AvgIpc) is 1.63. The van der Waals surface area contributed by atoms with Crippen LogP contribution in [0.4, 0.5) is 0 Å². The minimum absolute atomic E-state index is 0.156. The van der Waals surface area contributed by atoms with Gasteiger partial charge in [-0.15, -0.1) is 0 Å². The maximum Gasteiger partial charge on any atom is 0.158 e. The Labute approximate surface area is 55.9 Å². The Bertz CT molecular complexity index is 97.1. The van der Waals surface area contributed by atoms with Gasteiger partial charge in [0, 0.05) is 0 Å². The molecule has 2 heteroatoms. The SMILES string of the molecule is C[C](C)CC(O)C(C)=O. The van der Waals surface area contributed by atoms with Gasteiger partial charge in [0.15, 0.2) is 5.78 Å². The van der Waals surface area contributed by atoms with Gasteiger partial charge >= 0.3 is 0 Å². The van der Waals surface area contributed by atoms with Crippen molar-refractivity contribution in [1.82, 2.24) is 0 Å². The number of hydrogen-bond donors (Lipinski definition) is 1. The summed E-state index contributed by atoms with van der Waals surface area (Å²) < 4.78 is 0. The molecule has 0 heterocycles. The summed E-state index contributed by atoms with van der Waals surface area (Å²) in [6.45, 7) is 5.19. The van der Waals surface area contributed by atoms with Crippen LogP contribution in [0.2, 0.25) is 0 Å². The molecule has 0 aliphatic carbocycles. The molecule has 0 bridgehead atoms. The van der Waals surface area contributed by atoms with Crippen molar-refractivity contribution in [3.05, 3.63) is 5.92 Å². The summed E-state index contributed by atoms with van der Waals surface area (Å²) >= 11 is 0. The Morgan fingerprint density at radius 3 is 2.00 bits per heavy atom. The van der Waals surface area contributed by atoms with E-state index in [1.807, 2.05) is 13.8 Å². The predicted molar refractivity (Wildman–Crippen MR) is 35.9 cm³/mol. The molecule has 0 saturated carbocycles. The van der Waals surface area contributed by atoms with Crippen LogP contribution in [0.5, 0.6) is 0 Å². The van der Waals surface area contributed by atoms with Gasteiger partial charge in [-0.25, -0.2) is 0 Å². The molecule has 0 rings (SSSR count). The van der Waals surface area contributed by atoms with Gasteiger partial charge < -0.3 is 5.11 Å². The van der Waals surface area contributed by atoms with E-state index in [2.05, 4.69) is 0 Å². The van der Waals surface area contributed by atoms with E-state index in [0.717, 1.165) is 5.92 Å². The third-order valence-corrected chi connectivity index (χ3v) is 1.07. The molecule has 0 aromatic heterocycles. The summed E-state index contributed by atoms with van der Waals surface area (Å²) in [5, 5.41) is 8.93. The van der Waals surface area contributed by atoms with E-state index in [1.54, 1.807) is 0 Å². The molecule has 53 valence electrons. The van der Waals surface area contributed by atoms with Gasteiger partial charge in [-0.1, -0.05) is 13.8 Å². The number of carbonyl (C=O) groups is 1. The first-order valence-electron chi connectivity index (χ1n) is 3.01. The summed E-state index contributed by atoms with van der Waals surface area (Å²) in [5.41, 5.74) is 0. The van der Waals surface area contributed by atoms with E-state index in [9.17, 15) is 4.79 Å². The molecule has 1 unspecified atom stereocenters. The van der Waals surface area contributed by atoms with E-state index in [4.69, 9.17) is 5.11 Å². The maximum atomic E-state index is 10.4. The van der Waals surface area contributed by atoms with Gasteiger partial charge in [-0.3, -0.25) is 4.79 Å². The van der Waals surface area contributed by atoms with Gasteiger partial charge in [0.1, 0.15) is 6.10 Å². The first kappa shape index (κ1) is 8.63. The van der Waals surface area contributed by atoms with Gasteiger partial charge in [-0.2, -0.15) is 0 Å². The van der Waals surface area contributed by atoms with Crippen LogP contribution in [-0.4, -0.2) is 17.0 Å². The van der Waals surface area contributed by atoms with Crippen molar-refractivity contribution in [3.8, 4) is 0 Å². The van der Waals surface area contributed by atoms with Crippen molar-refractivity contribution in [2.45, 2.75) is 33.3 Å². The third kappa shape index (κ3) is 4.15. The monoisotopic (exact) mass is 129 g/mol. The lowest BCUT2D eigenvalue weighted by Gasteiger charge is -2.07. The fourth-order valence-corrected chi connectivity index (χ4v) is 0.530. The van der Waals surface area contributed by atoms with Gasteiger partial charge in [0.25, 0.3) is 0 Å². The van der Waals surface area contributed by atoms with Crippen molar-refractivity contribution in [3.63, 3.8) is 0 Å². The predicted octanol–water partition coefficient (Wildman–Crippen LogP) is 0.941. The molecule has 0 saturated heterocycles. The lowest BCUT2D eigenvalue weighted by Crippen LogP contribution is -2.18. The highest BCUT2D eigenvalue weighted by atomic mass is 16.3. The zero-order valence-corrected chi connectivity index (χ0v) is 6.14. The number of Topliss-reactive ketones (excluding diaryl/α,β-unsaturated/α-hetero) is 1. The number of hydrogen-bond acceptors (Lipinski definition) is 2. The molecule has 1 atom stereocenters. The van der Waals surface area contributed by atoms with Crippen molar-refractivity contribution in [2.24, 2.45) is 0 Å². The van der Waals surface area contributed by atoms with Crippen molar-refractivity contribution in [1.29, 1.82) is 0 Å². The summed E-state index contributed by atoms with van der Waals surface area (Å²) in [7, 11) is 0. The normalized spacial score (nSPS) is 13.9. The molecule has 1 N–H and O–H groups in total. The second kappa shape index (κ2) is 3.62. The lowest BCUT2D eigenvalue weighted by molar-refractivity contribution is -0.125. The average molecular weight is 129 g/mol. The van der Waals surface area contributed by atoms with E-state index in [-0.39, 0.29) is 5.78 Å². The summed E-state index contributed by atoms with van der Waals surface area (Å²) in [6, 6.07) is 0. The molecule has 0 fully saturated rings. The van der Waals surface area contributed by atoms with Crippen LogP contribution in [0, 0.1) is 5.92 Å². The summed E-state index contributed by atoms with van der Waals surface area (Å²) in [5.74, 6) is 0.925. The molecule has 9 heavy (non-hydrogen) atoms. The van der Waals surface area contributed by atoms with Gasteiger partial charge in [0.05, 0.1) is 0 Å². The Balaban J connectivity index is 3.50. The smallest absolute Gasteiger partial charge is 0.158 e. The van der Waals surface area contributed by atoms with Crippen molar-refractivity contribution < 1.29 is 9.90 Å². The zero-order chi connectivity index (χ0) is 7.44. The first-order valence-corrected chi connectivity index (χ1v) is 3.01. The van der Waals surface area contributed by atoms with Crippen LogP contribution in [0.25, 0.3) is 0 Å². The maximum absolute atomic E-state index is 10.4. The van der Waals surface area contributed by atoms with E-state index >= 15 is 0 Å². The van der Waals surface area contributed by atoms with Crippen LogP contribution >= 0.6 is 0 Å². The lowest BCUT2D eigenvalue weighted by atomic mass is 10.0. The molecule has 0 aromatic rings. The van der Waals surface area contributed by atoms with Crippen LogP contribution in [-0.2, 0) is 4.79 Å².